The van der Waals surface area contributed by atoms with E-state index in [0.717, 1.165) is 127 Å². The zero-order valence-corrected chi connectivity index (χ0v) is 58.2. The molecule has 4 aliphatic heterocycles. The number of amides is 1. The van der Waals surface area contributed by atoms with Crippen LogP contribution >= 0.6 is 11.6 Å². The number of aliphatic imine (C=N–C) groups is 1. The Morgan fingerprint density at radius 2 is 1.54 bits per heavy atom. The van der Waals surface area contributed by atoms with Crippen molar-refractivity contribution in [1.29, 1.82) is 0 Å². The van der Waals surface area contributed by atoms with Crippen LogP contribution in [0.2, 0.25) is 5.02 Å². The van der Waals surface area contributed by atoms with Gasteiger partial charge in [0.2, 0.25) is 5.91 Å². The summed E-state index contributed by atoms with van der Waals surface area (Å²) in [7, 11) is 4.33. The molecule has 8 rings (SSSR count). The van der Waals surface area contributed by atoms with Gasteiger partial charge >= 0.3 is 6.18 Å². The largest absolute Gasteiger partial charge is 0.417 e. The van der Waals surface area contributed by atoms with Crippen LogP contribution < -0.4 is 31.9 Å². The minimum atomic E-state index is -4.51. The molecule has 17 heteroatoms. The number of aryl methyl sites for hydroxylation is 1. The van der Waals surface area contributed by atoms with Crippen LogP contribution in [-0.4, -0.2) is 163 Å². The van der Waals surface area contributed by atoms with E-state index in [1.54, 1.807) is 0 Å². The number of carbonyl (C=O) groups excluding carboxylic acids is 1. The van der Waals surface area contributed by atoms with Gasteiger partial charge in [0.1, 0.15) is 0 Å². The third kappa shape index (κ3) is 20.0. The quantitative estimate of drug-likeness (QED) is 0.127. The minimum Gasteiger partial charge on any atom is -0.369 e. The highest BCUT2D eigenvalue weighted by Gasteiger charge is 2.56. The first-order valence-corrected chi connectivity index (χ1v) is 36.6. The summed E-state index contributed by atoms with van der Waals surface area (Å²) in [6.45, 7) is 25.9. The molecule has 11 atom stereocenters. The first kappa shape index (κ1) is 72.2. The number of benzene rings is 1. The van der Waals surface area contributed by atoms with Crippen molar-refractivity contribution in [2.75, 3.05) is 66.5 Å². The van der Waals surface area contributed by atoms with Gasteiger partial charge in [-0.3, -0.25) is 14.7 Å². The number of piperidine rings is 1. The molecule has 1 spiro atoms. The number of nitrogens with zero attached hydrogens (tertiary/aromatic N) is 6. The van der Waals surface area contributed by atoms with Gasteiger partial charge in [0.25, 0.3) is 0 Å². The standard InChI is InChI=1S/C73H122ClF3N12O/c1-11-24-66-54(5)81-48-68-69(71(90)87-41-21-14-22-42-87)57(8)89(68)70(60-27-17-18-28-60)55(6)84-72(35-19-20-36-72)51-79-39-38-78-37-34-61(32-30-59-31-33-64(65(74)46-59)73(75,76)77)80-40-44-85(9)49-63(45-58-25-15-13-16-26-58)86(10)50-62-29-23-43-88(62)56(7)53(4)83-67(47-82-66)52(3)12-2/h31,33-34,37,40,44,46,49-50,52-58,60,66-70,79-84H,11-30,32,35-36,38-39,41-43,45,47-48,51H2,1-10H3/t52-,53?,54?,55?,56-,57?,66-,67+,68?,69-,70+/m0/s1. The van der Waals surface area contributed by atoms with Crippen LogP contribution in [0.1, 0.15) is 214 Å². The first-order valence-electron chi connectivity index (χ1n) is 36.2. The van der Waals surface area contributed by atoms with Crippen molar-refractivity contribution in [3.05, 3.63) is 82.3 Å². The predicted octanol–water partition coefficient (Wildman–Crippen LogP) is 13.6. The Kier molecular flexibility index (Phi) is 28.2. The molecule has 0 aromatic heterocycles. The fraction of sp³-hybridized carbons (Fsp3) is 0.781. The summed E-state index contributed by atoms with van der Waals surface area (Å²) in [5, 5.41) is 24.1. The molecule has 0 bridgehead atoms. The monoisotopic (exact) mass is 1270 g/mol. The van der Waals surface area contributed by atoms with E-state index in [4.69, 9.17) is 16.6 Å². The van der Waals surface area contributed by atoms with Gasteiger partial charge in [-0.1, -0.05) is 109 Å². The third-order valence-corrected chi connectivity index (χ3v) is 22.8. The zero-order chi connectivity index (χ0) is 64.4. The normalized spacial score (nSPS) is 30.8. The van der Waals surface area contributed by atoms with Crippen LogP contribution in [0.25, 0.3) is 0 Å². The molecule has 4 heterocycles. The summed E-state index contributed by atoms with van der Waals surface area (Å²) in [4.78, 5) is 32.1. The van der Waals surface area contributed by atoms with Gasteiger partial charge < -0.3 is 51.5 Å². The van der Waals surface area contributed by atoms with Crippen LogP contribution in [0.5, 0.6) is 0 Å². The lowest BCUT2D eigenvalue weighted by Crippen LogP contribution is -2.76. The van der Waals surface area contributed by atoms with Gasteiger partial charge in [0.05, 0.1) is 23.0 Å². The van der Waals surface area contributed by atoms with Crippen molar-refractivity contribution in [2.45, 2.75) is 276 Å². The molecule has 7 aliphatic rings. The van der Waals surface area contributed by atoms with E-state index in [9.17, 15) is 18.0 Å². The number of hydrogen-bond donors (Lipinski definition) is 6. The summed E-state index contributed by atoms with van der Waals surface area (Å²) in [5.41, 5.74) is 3.47. The molecule has 6 N–H and O–H groups in total. The Morgan fingerprint density at radius 3 is 2.24 bits per heavy atom. The summed E-state index contributed by atoms with van der Waals surface area (Å²) in [6, 6.07) is 6.28. The van der Waals surface area contributed by atoms with Gasteiger partial charge in [-0.2, -0.15) is 13.2 Å². The number of alkyl halides is 3. The van der Waals surface area contributed by atoms with E-state index in [0.29, 0.717) is 67.2 Å². The second-order valence-corrected chi connectivity index (χ2v) is 29.4. The maximum Gasteiger partial charge on any atom is 0.417 e. The van der Waals surface area contributed by atoms with Gasteiger partial charge in [-0.25, -0.2) is 0 Å². The molecule has 3 aliphatic carbocycles. The van der Waals surface area contributed by atoms with Crippen LogP contribution in [0.4, 0.5) is 13.2 Å². The number of hydrogen-bond acceptors (Lipinski definition) is 12. The van der Waals surface area contributed by atoms with Crippen LogP contribution in [-0.2, 0) is 17.4 Å². The summed E-state index contributed by atoms with van der Waals surface area (Å²) < 4.78 is 41.1. The number of fused-ring (bicyclic) bond motifs is 2. The highest BCUT2D eigenvalue weighted by molar-refractivity contribution is 6.31. The smallest absolute Gasteiger partial charge is 0.369 e. The second kappa shape index (κ2) is 35.2. The molecule has 1 aromatic carbocycles. The summed E-state index contributed by atoms with van der Waals surface area (Å²) in [6.07, 6.45) is 35.1. The molecule has 13 nitrogen and oxygen atoms in total. The van der Waals surface area contributed by atoms with E-state index >= 15 is 0 Å². The van der Waals surface area contributed by atoms with E-state index in [1.165, 1.54) is 101 Å². The maximum absolute atomic E-state index is 14.9. The Hall–Kier alpha value is -3.64. The van der Waals surface area contributed by atoms with Gasteiger partial charge in [0, 0.05) is 168 Å². The fourth-order valence-electron chi connectivity index (χ4n) is 16.8. The molecule has 6 fully saturated rings. The lowest BCUT2D eigenvalue weighted by molar-refractivity contribution is -0.162. The highest BCUT2D eigenvalue weighted by atomic mass is 35.5. The highest BCUT2D eigenvalue weighted by Crippen LogP contribution is 2.44. The Labute approximate surface area is 548 Å². The van der Waals surface area contributed by atoms with E-state index in [2.05, 4.69) is 144 Å². The Morgan fingerprint density at radius 1 is 0.822 bits per heavy atom. The molecule has 90 heavy (non-hydrogen) atoms. The SMILES string of the molecule is CCC[C@@H]1NC[C@H]([C@@H](C)CC)NC(C)[C@H](C)N2CCCC2=CN(C)C(CC2CCCCC2)=CN(C)C=CNC(CCc2ccc(C(F)(F)F)c(Cl)c2)=CC=NCCNCC2(CCCC2)NC(C)[C@H](C2CCCC2)N2C(C)[C@H](C(=O)N3CCCCC3)C2CNC1C. The predicted molar refractivity (Wildman–Crippen MR) is 368 cm³/mol. The van der Waals surface area contributed by atoms with E-state index in [1.807, 2.05) is 18.5 Å². The van der Waals surface area contributed by atoms with E-state index < -0.39 is 11.7 Å². The number of carbonyl (C=O) groups is 1. The number of allylic oxidation sites excluding steroid dienone is 4. The summed E-state index contributed by atoms with van der Waals surface area (Å²) in [5.74, 6) is 2.06. The van der Waals surface area contributed by atoms with Gasteiger partial charge in [-0.15, -0.1) is 0 Å². The number of halogens is 4. The van der Waals surface area contributed by atoms with Crippen molar-refractivity contribution in [2.24, 2.45) is 28.7 Å². The van der Waals surface area contributed by atoms with Crippen molar-refractivity contribution in [3.8, 4) is 0 Å². The molecule has 508 valence electrons. The molecule has 3 saturated heterocycles. The third-order valence-electron chi connectivity index (χ3n) is 22.5. The van der Waals surface area contributed by atoms with Gasteiger partial charge in [0.15, 0.2) is 0 Å². The van der Waals surface area contributed by atoms with Crippen molar-refractivity contribution in [3.63, 3.8) is 0 Å². The number of nitrogens with one attached hydrogen (secondary N) is 6. The lowest BCUT2D eigenvalue weighted by Gasteiger charge is -2.60. The molecule has 3 saturated carbocycles. The lowest BCUT2D eigenvalue weighted by atomic mass is 9.74. The average molecular weight is 1280 g/mol. The molecular formula is C73H122ClF3N12O. The fourth-order valence-corrected chi connectivity index (χ4v) is 17.1. The average Bonchev–Trinajstić information content (AvgIpc) is 1.53. The van der Waals surface area contributed by atoms with Crippen LogP contribution in [0.15, 0.2) is 71.2 Å². The van der Waals surface area contributed by atoms with Crippen molar-refractivity contribution < 1.29 is 18.0 Å². The number of rotatable bonds is 11. The zero-order valence-electron chi connectivity index (χ0n) is 57.4. The van der Waals surface area contributed by atoms with Crippen LogP contribution in [0, 0.1) is 23.7 Å². The molecule has 0 radical (unpaired) electrons. The maximum atomic E-state index is 14.9. The number of likely N-dealkylation sites (tertiary alicyclic amines) is 1. The van der Waals surface area contributed by atoms with Crippen LogP contribution in [0.3, 0.4) is 0 Å². The molecule has 1 amide bonds. The van der Waals surface area contributed by atoms with Crippen molar-refractivity contribution in [1.82, 2.24) is 56.4 Å². The molecular weight excluding hydrogens is 1150 g/mol. The summed E-state index contributed by atoms with van der Waals surface area (Å²) >= 11 is 6.22. The minimum absolute atomic E-state index is 0.0252. The first-order chi connectivity index (χ1) is 43.3. The topological polar surface area (TPSA) is 118 Å². The second-order valence-electron chi connectivity index (χ2n) is 29.0. The molecule has 1 aromatic rings. The molecule has 5 unspecified atom stereocenters. The Bertz CT molecular complexity index is 2500. The van der Waals surface area contributed by atoms with Gasteiger partial charge in [-0.05, 0) is 160 Å². The van der Waals surface area contributed by atoms with E-state index in [-0.39, 0.29) is 46.7 Å². The Balaban J connectivity index is 1.08. The van der Waals surface area contributed by atoms with Crippen molar-refractivity contribution >= 4 is 23.7 Å².